The number of esters is 1. The van der Waals surface area contributed by atoms with Gasteiger partial charge in [-0.05, 0) is 18.1 Å². The van der Waals surface area contributed by atoms with Crippen LogP contribution in [0.4, 0.5) is 8.78 Å². The van der Waals surface area contributed by atoms with E-state index in [0.29, 0.717) is 12.4 Å². The molecule has 0 spiro atoms. The fraction of sp³-hybridized carbons (Fsp3) is 0.917. The highest BCUT2D eigenvalue weighted by molar-refractivity contribution is 8.00. The van der Waals surface area contributed by atoms with Gasteiger partial charge in [0.15, 0.2) is 0 Å². The van der Waals surface area contributed by atoms with Gasteiger partial charge in [0.2, 0.25) is 6.43 Å². The van der Waals surface area contributed by atoms with Gasteiger partial charge in [-0.2, -0.15) is 0 Å². The molecule has 0 fully saturated rings. The van der Waals surface area contributed by atoms with Gasteiger partial charge in [-0.15, -0.1) is 11.8 Å². The maximum atomic E-state index is 12.0. The highest BCUT2D eigenvalue weighted by atomic mass is 32.2. The Labute approximate surface area is 106 Å². The molecule has 1 unspecified atom stereocenters. The molecule has 0 aliphatic heterocycles. The van der Waals surface area contributed by atoms with Crippen molar-refractivity contribution in [2.45, 2.75) is 51.7 Å². The largest absolute Gasteiger partial charge is 0.465 e. The number of carbonyl (C=O) groups excluding carboxylic acids is 1. The van der Waals surface area contributed by atoms with Crippen LogP contribution in [0.3, 0.4) is 0 Å². The lowest BCUT2D eigenvalue weighted by Gasteiger charge is -2.18. The Kier molecular flexibility index (Phi) is 9.50. The predicted octanol–water partition coefficient (Wildman–Crippen LogP) is 3.74. The number of hydrogen-bond donors (Lipinski definition) is 0. The first-order valence-electron chi connectivity index (χ1n) is 6.05. The number of rotatable bonds is 9. The van der Waals surface area contributed by atoms with Crippen molar-refractivity contribution in [2.24, 2.45) is 5.92 Å². The predicted molar refractivity (Wildman–Crippen MR) is 67.6 cm³/mol. The summed E-state index contributed by atoms with van der Waals surface area (Å²) in [6, 6.07) is 0. The van der Waals surface area contributed by atoms with E-state index in [-0.39, 0.29) is 23.6 Å². The van der Waals surface area contributed by atoms with E-state index >= 15 is 0 Å². The summed E-state index contributed by atoms with van der Waals surface area (Å²) in [6.07, 6.45) is -0.654. The Hall–Kier alpha value is -0.320. The van der Waals surface area contributed by atoms with E-state index in [2.05, 4.69) is 0 Å². The molecule has 17 heavy (non-hydrogen) atoms. The first-order chi connectivity index (χ1) is 7.99. The summed E-state index contributed by atoms with van der Waals surface area (Å²) in [5, 5.41) is -0.328. The van der Waals surface area contributed by atoms with Gasteiger partial charge in [0.1, 0.15) is 5.25 Å². The number of hydrogen-bond acceptors (Lipinski definition) is 3. The van der Waals surface area contributed by atoms with Crippen LogP contribution in [-0.4, -0.2) is 30.0 Å². The lowest BCUT2D eigenvalue weighted by Crippen LogP contribution is -2.26. The number of halogens is 2. The van der Waals surface area contributed by atoms with Crippen molar-refractivity contribution in [3.63, 3.8) is 0 Å². The number of alkyl halides is 2. The molecule has 1 atom stereocenters. The van der Waals surface area contributed by atoms with Crippen LogP contribution >= 0.6 is 11.8 Å². The minimum atomic E-state index is -2.30. The molecule has 0 radical (unpaired) electrons. The second kappa shape index (κ2) is 9.68. The molecule has 2 nitrogen and oxygen atoms in total. The van der Waals surface area contributed by atoms with Gasteiger partial charge >= 0.3 is 5.97 Å². The zero-order valence-corrected chi connectivity index (χ0v) is 11.6. The van der Waals surface area contributed by atoms with Crippen LogP contribution in [0.5, 0.6) is 0 Å². The maximum absolute atomic E-state index is 12.0. The van der Waals surface area contributed by atoms with E-state index in [0.717, 1.165) is 12.8 Å². The molecule has 0 N–H and O–H groups in total. The van der Waals surface area contributed by atoms with Crippen LogP contribution in [0.25, 0.3) is 0 Å². The molecule has 102 valence electrons. The molecule has 0 aromatic carbocycles. The Balaban J connectivity index is 3.99. The highest BCUT2D eigenvalue weighted by Gasteiger charge is 2.24. The van der Waals surface area contributed by atoms with E-state index in [9.17, 15) is 13.6 Å². The van der Waals surface area contributed by atoms with Crippen molar-refractivity contribution >= 4 is 17.7 Å². The number of carbonyl (C=O) groups is 1. The summed E-state index contributed by atoms with van der Waals surface area (Å²) in [7, 11) is 0. The smallest absolute Gasteiger partial charge is 0.319 e. The van der Waals surface area contributed by atoms with E-state index in [1.807, 2.05) is 20.8 Å². The molecule has 0 saturated carbocycles. The Morgan fingerprint density at radius 2 is 2.00 bits per heavy atom. The summed E-state index contributed by atoms with van der Waals surface area (Å²) in [4.78, 5) is 11.7. The number of thioether (sulfide) groups is 1. The number of ether oxygens (including phenoxy) is 1. The van der Waals surface area contributed by atoms with Crippen LogP contribution in [0.15, 0.2) is 0 Å². The van der Waals surface area contributed by atoms with Crippen molar-refractivity contribution in [1.82, 2.24) is 0 Å². The lowest BCUT2D eigenvalue weighted by atomic mass is 10.1. The normalized spacial score (nSPS) is 13.1. The average molecular weight is 268 g/mol. The summed E-state index contributed by atoms with van der Waals surface area (Å²) in [6.45, 7) is 6.25. The minimum Gasteiger partial charge on any atom is -0.465 e. The lowest BCUT2D eigenvalue weighted by molar-refractivity contribution is -0.143. The molecule has 0 aliphatic rings. The van der Waals surface area contributed by atoms with Crippen molar-refractivity contribution in [3.05, 3.63) is 0 Å². The second-order valence-electron chi connectivity index (χ2n) is 4.24. The molecule has 5 heteroatoms. The third-order valence-electron chi connectivity index (χ3n) is 2.21. The molecule has 0 amide bonds. The van der Waals surface area contributed by atoms with Gasteiger partial charge in [-0.1, -0.05) is 27.2 Å². The second-order valence-corrected chi connectivity index (χ2v) is 5.49. The molecule has 0 aromatic rings. The summed E-state index contributed by atoms with van der Waals surface area (Å²) in [5.41, 5.74) is 0. The zero-order chi connectivity index (χ0) is 13.3. The summed E-state index contributed by atoms with van der Waals surface area (Å²) >= 11 is 1.27. The van der Waals surface area contributed by atoms with E-state index in [1.165, 1.54) is 11.8 Å². The van der Waals surface area contributed by atoms with Gasteiger partial charge in [-0.25, -0.2) is 8.78 Å². The van der Waals surface area contributed by atoms with Gasteiger partial charge in [0.25, 0.3) is 0 Å². The summed E-state index contributed by atoms with van der Waals surface area (Å²) < 4.78 is 29.1. The van der Waals surface area contributed by atoms with Crippen LogP contribution in [0, 0.1) is 5.92 Å². The fourth-order valence-electron chi connectivity index (χ4n) is 1.22. The Morgan fingerprint density at radius 1 is 1.35 bits per heavy atom. The first kappa shape index (κ1) is 16.7. The van der Waals surface area contributed by atoms with Crippen molar-refractivity contribution < 1.29 is 18.3 Å². The quantitative estimate of drug-likeness (QED) is 0.470. The van der Waals surface area contributed by atoms with Gasteiger partial charge in [0.05, 0.1) is 6.61 Å². The fourth-order valence-corrected chi connectivity index (χ4v) is 2.37. The maximum Gasteiger partial charge on any atom is 0.319 e. The van der Waals surface area contributed by atoms with Crippen molar-refractivity contribution in [1.29, 1.82) is 0 Å². The van der Waals surface area contributed by atoms with Crippen LogP contribution in [-0.2, 0) is 9.53 Å². The molecular weight excluding hydrogens is 246 g/mol. The van der Waals surface area contributed by atoms with Crippen molar-refractivity contribution in [3.8, 4) is 0 Å². The van der Waals surface area contributed by atoms with Gasteiger partial charge in [-0.3, -0.25) is 4.79 Å². The van der Waals surface area contributed by atoms with Gasteiger partial charge in [0, 0.05) is 6.42 Å². The number of unbranched alkanes of at least 4 members (excludes halogenated alkanes) is 1. The van der Waals surface area contributed by atoms with Crippen molar-refractivity contribution in [2.75, 3.05) is 12.4 Å². The third kappa shape index (κ3) is 8.41. The van der Waals surface area contributed by atoms with Gasteiger partial charge < -0.3 is 4.74 Å². The topological polar surface area (TPSA) is 26.3 Å². The Bertz CT molecular complexity index is 211. The first-order valence-corrected chi connectivity index (χ1v) is 7.10. The summed E-state index contributed by atoms with van der Waals surface area (Å²) in [5.74, 6) is 0.128. The third-order valence-corrected chi connectivity index (χ3v) is 3.78. The van der Waals surface area contributed by atoms with E-state index in [1.54, 1.807) is 0 Å². The monoisotopic (exact) mass is 268 g/mol. The zero-order valence-electron chi connectivity index (χ0n) is 10.7. The van der Waals surface area contributed by atoms with E-state index in [4.69, 9.17) is 4.74 Å². The molecular formula is C12H22F2O2S. The van der Waals surface area contributed by atoms with Crippen LogP contribution in [0.1, 0.15) is 40.0 Å². The highest BCUT2D eigenvalue weighted by Crippen LogP contribution is 2.23. The molecule has 0 aromatic heterocycles. The standard InChI is InChI=1S/C12H22F2O2S/c1-4-5-7-16-12(15)11(9(2)3)17-8-6-10(13)14/h9-11H,4-8H2,1-3H3. The minimum absolute atomic E-state index is 0.104. The average Bonchev–Trinajstić information content (AvgIpc) is 2.23. The van der Waals surface area contributed by atoms with Crippen LogP contribution in [0.2, 0.25) is 0 Å². The molecule has 0 rings (SSSR count). The van der Waals surface area contributed by atoms with E-state index < -0.39 is 6.43 Å². The SMILES string of the molecule is CCCCOC(=O)C(SCCC(F)F)C(C)C. The molecule has 0 bridgehead atoms. The van der Waals surface area contributed by atoms with Crippen LogP contribution < -0.4 is 0 Å². The molecule has 0 heterocycles. The Morgan fingerprint density at radius 3 is 2.47 bits per heavy atom. The molecule has 0 saturated heterocycles. The molecule has 0 aliphatic carbocycles.